The molecule has 8 heteroatoms. The Morgan fingerprint density at radius 3 is 2.59 bits per heavy atom. The summed E-state index contributed by atoms with van der Waals surface area (Å²) in [6.45, 7) is 3.72. The molecule has 0 unspecified atom stereocenters. The van der Waals surface area contributed by atoms with E-state index in [-0.39, 0.29) is 5.82 Å². The number of halogens is 1. The van der Waals surface area contributed by atoms with E-state index in [0.717, 1.165) is 27.8 Å². The van der Waals surface area contributed by atoms with Gasteiger partial charge in [-0.05, 0) is 49.7 Å². The third-order valence-corrected chi connectivity index (χ3v) is 4.79. The first kappa shape index (κ1) is 18.5. The molecule has 146 valence electrons. The minimum Gasteiger partial charge on any atom is -0.351 e. The molecule has 0 fully saturated rings. The van der Waals surface area contributed by atoms with Gasteiger partial charge >= 0.3 is 6.03 Å². The van der Waals surface area contributed by atoms with Crippen LogP contribution >= 0.6 is 0 Å². The predicted molar refractivity (Wildman–Crippen MR) is 108 cm³/mol. The van der Waals surface area contributed by atoms with Crippen molar-refractivity contribution < 1.29 is 9.18 Å². The molecule has 1 aromatic carbocycles. The first-order chi connectivity index (χ1) is 13.9. The van der Waals surface area contributed by atoms with Gasteiger partial charge < -0.3 is 5.73 Å². The summed E-state index contributed by atoms with van der Waals surface area (Å²) in [5.74, 6) is 0.0529. The van der Waals surface area contributed by atoms with Crippen molar-refractivity contribution in [1.82, 2.24) is 19.7 Å². The molecule has 4 aromatic rings. The molecule has 2 amide bonds. The van der Waals surface area contributed by atoms with Crippen molar-refractivity contribution >= 4 is 22.8 Å². The van der Waals surface area contributed by atoms with Crippen molar-refractivity contribution in [1.29, 1.82) is 0 Å². The minimum absolute atomic E-state index is 0.343. The number of aryl methyl sites for hydroxylation is 1. The molecule has 0 saturated heterocycles. The highest BCUT2D eigenvalue weighted by atomic mass is 19.1. The van der Waals surface area contributed by atoms with Crippen molar-refractivity contribution in [3.8, 4) is 5.69 Å². The van der Waals surface area contributed by atoms with E-state index in [9.17, 15) is 9.18 Å². The average Bonchev–Trinajstić information content (AvgIpc) is 3.11. The van der Waals surface area contributed by atoms with Crippen LogP contribution in [0.5, 0.6) is 0 Å². The molecule has 0 spiro atoms. The Morgan fingerprint density at radius 2 is 1.90 bits per heavy atom. The van der Waals surface area contributed by atoms with Gasteiger partial charge in [-0.2, -0.15) is 5.10 Å². The third kappa shape index (κ3) is 3.52. The maximum Gasteiger partial charge on any atom is 0.321 e. The van der Waals surface area contributed by atoms with Gasteiger partial charge in [0.2, 0.25) is 0 Å². The highest BCUT2D eigenvalue weighted by molar-refractivity contribution is 5.93. The second-order valence-electron chi connectivity index (χ2n) is 6.75. The van der Waals surface area contributed by atoms with Crippen LogP contribution in [0.3, 0.4) is 0 Å². The van der Waals surface area contributed by atoms with Crippen molar-refractivity contribution in [3.63, 3.8) is 0 Å². The number of anilines is 1. The van der Waals surface area contributed by atoms with Gasteiger partial charge in [0.15, 0.2) is 0 Å². The number of nitrogens with zero attached hydrogens (tertiary/aromatic N) is 5. The monoisotopic (exact) mass is 390 g/mol. The van der Waals surface area contributed by atoms with Crippen LogP contribution in [0.4, 0.5) is 15.0 Å². The van der Waals surface area contributed by atoms with Gasteiger partial charge in [-0.3, -0.25) is 9.88 Å². The molecule has 3 aromatic heterocycles. The number of benzene rings is 1. The molecule has 0 aliphatic carbocycles. The van der Waals surface area contributed by atoms with Gasteiger partial charge in [-0.1, -0.05) is 12.1 Å². The molecule has 0 bridgehead atoms. The lowest BCUT2D eigenvalue weighted by molar-refractivity contribution is 0.252. The van der Waals surface area contributed by atoms with Gasteiger partial charge in [0.25, 0.3) is 0 Å². The second-order valence-corrected chi connectivity index (χ2v) is 6.75. The molecular formula is C21H19FN6O. The summed E-state index contributed by atoms with van der Waals surface area (Å²) in [4.78, 5) is 22.2. The van der Waals surface area contributed by atoms with Crippen LogP contribution in [0.25, 0.3) is 16.6 Å². The fraction of sp³-hybridized carbons (Fsp3) is 0.143. The van der Waals surface area contributed by atoms with Gasteiger partial charge in [-0.25, -0.2) is 18.9 Å². The van der Waals surface area contributed by atoms with Gasteiger partial charge in [0, 0.05) is 17.3 Å². The first-order valence-corrected chi connectivity index (χ1v) is 9.05. The lowest BCUT2D eigenvalue weighted by Crippen LogP contribution is -2.38. The quantitative estimate of drug-likeness (QED) is 0.572. The number of rotatable bonds is 4. The zero-order valence-electron chi connectivity index (χ0n) is 16.0. The van der Waals surface area contributed by atoms with Crippen molar-refractivity contribution in [3.05, 3.63) is 78.1 Å². The Bertz CT molecular complexity index is 1190. The van der Waals surface area contributed by atoms with Crippen LogP contribution in [-0.2, 0) is 0 Å². The van der Waals surface area contributed by atoms with Crippen molar-refractivity contribution in [2.75, 3.05) is 4.90 Å². The highest BCUT2D eigenvalue weighted by Gasteiger charge is 2.23. The van der Waals surface area contributed by atoms with E-state index in [1.807, 2.05) is 26.0 Å². The standard InChI is InChI=1S/C21H19FN6O/c1-13-9-18(7-8-24-13)28-19-12-25-20(10-16(19)11-26-28)27(21(23)29)14(2)15-3-5-17(22)6-4-15/h3-12,14H,1-2H3,(H2,23,29)/t14-/m1/s1. The topological polar surface area (TPSA) is 89.9 Å². The molecule has 0 saturated carbocycles. The number of urea groups is 1. The molecule has 4 rings (SSSR count). The highest BCUT2D eigenvalue weighted by Crippen LogP contribution is 2.28. The summed E-state index contributed by atoms with van der Waals surface area (Å²) in [6.07, 6.45) is 5.08. The maximum absolute atomic E-state index is 13.2. The number of aromatic nitrogens is 4. The number of carbonyl (C=O) groups excluding carboxylic acids is 1. The maximum atomic E-state index is 13.2. The number of nitrogens with two attached hydrogens (primary N) is 1. The summed E-state index contributed by atoms with van der Waals surface area (Å²) in [7, 11) is 0. The fourth-order valence-corrected chi connectivity index (χ4v) is 3.31. The number of hydrogen-bond acceptors (Lipinski definition) is 4. The number of fused-ring (bicyclic) bond motifs is 1. The molecular weight excluding hydrogens is 371 g/mol. The summed E-state index contributed by atoms with van der Waals surface area (Å²) in [5, 5.41) is 5.24. The van der Waals surface area contributed by atoms with Crippen molar-refractivity contribution in [2.45, 2.75) is 19.9 Å². The van der Waals surface area contributed by atoms with Crippen LogP contribution in [0.15, 0.2) is 61.1 Å². The lowest BCUT2D eigenvalue weighted by atomic mass is 10.1. The van der Waals surface area contributed by atoms with Crippen LogP contribution in [-0.4, -0.2) is 25.8 Å². The number of pyridine rings is 2. The summed E-state index contributed by atoms with van der Waals surface area (Å²) >= 11 is 0. The van der Waals surface area contributed by atoms with E-state index >= 15 is 0 Å². The first-order valence-electron chi connectivity index (χ1n) is 9.05. The second kappa shape index (κ2) is 7.31. The van der Waals surface area contributed by atoms with Crippen LogP contribution in [0.1, 0.15) is 24.2 Å². The van der Waals surface area contributed by atoms with Gasteiger partial charge in [0.1, 0.15) is 11.6 Å². The normalized spacial score (nSPS) is 12.1. The van der Waals surface area contributed by atoms with E-state index in [2.05, 4.69) is 15.1 Å². The molecule has 7 nitrogen and oxygen atoms in total. The average molecular weight is 390 g/mol. The number of amides is 2. The molecule has 1 atom stereocenters. The predicted octanol–water partition coefficient (Wildman–Crippen LogP) is 3.91. The SMILES string of the molecule is Cc1cc(-n2ncc3cc(N(C(N)=O)[C@H](C)c4ccc(F)cc4)ncc32)ccn1. The Hall–Kier alpha value is -3.81. The molecule has 0 aliphatic rings. The molecule has 3 heterocycles. The van der Waals surface area contributed by atoms with E-state index in [0.29, 0.717) is 5.82 Å². The van der Waals surface area contributed by atoms with E-state index in [1.54, 1.807) is 41.5 Å². The molecule has 29 heavy (non-hydrogen) atoms. The van der Waals surface area contributed by atoms with E-state index in [4.69, 9.17) is 5.73 Å². The Morgan fingerprint density at radius 1 is 1.14 bits per heavy atom. The smallest absolute Gasteiger partial charge is 0.321 e. The Balaban J connectivity index is 1.74. The van der Waals surface area contributed by atoms with Gasteiger partial charge in [0.05, 0.1) is 29.6 Å². The lowest BCUT2D eigenvalue weighted by Gasteiger charge is -2.27. The van der Waals surface area contributed by atoms with E-state index in [1.165, 1.54) is 17.0 Å². The number of hydrogen-bond donors (Lipinski definition) is 1. The fourth-order valence-electron chi connectivity index (χ4n) is 3.31. The van der Waals surface area contributed by atoms with E-state index < -0.39 is 12.1 Å². The summed E-state index contributed by atoms with van der Waals surface area (Å²) in [6, 6.07) is 10.4. The number of carbonyl (C=O) groups is 1. The zero-order valence-corrected chi connectivity index (χ0v) is 16.0. The minimum atomic E-state index is -0.647. The van der Waals surface area contributed by atoms with Crippen LogP contribution in [0.2, 0.25) is 0 Å². The largest absolute Gasteiger partial charge is 0.351 e. The van der Waals surface area contributed by atoms with Gasteiger partial charge in [-0.15, -0.1) is 0 Å². The molecule has 0 radical (unpaired) electrons. The molecule has 0 aliphatic heterocycles. The Labute approximate surface area is 166 Å². The van der Waals surface area contributed by atoms with Crippen LogP contribution in [0, 0.1) is 12.7 Å². The van der Waals surface area contributed by atoms with Crippen LogP contribution < -0.4 is 10.6 Å². The number of primary amides is 1. The van der Waals surface area contributed by atoms with Crippen molar-refractivity contribution in [2.24, 2.45) is 5.73 Å². The Kier molecular flexibility index (Phi) is 4.67. The third-order valence-electron chi connectivity index (χ3n) is 4.79. The summed E-state index contributed by atoms with van der Waals surface area (Å²) in [5.41, 5.74) is 8.92. The zero-order chi connectivity index (χ0) is 20.5. The molecule has 2 N–H and O–H groups in total. The summed E-state index contributed by atoms with van der Waals surface area (Å²) < 4.78 is 15.0.